The molecule has 118 valence electrons. The Bertz CT molecular complexity index is 589. The van der Waals surface area contributed by atoms with Crippen molar-refractivity contribution in [1.82, 2.24) is 0 Å². The van der Waals surface area contributed by atoms with E-state index >= 15 is 0 Å². The third-order valence-corrected chi connectivity index (χ3v) is 3.76. The number of hydrogen-bond acceptors (Lipinski definition) is 1. The van der Waals surface area contributed by atoms with E-state index in [9.17, 15) is 12.9 Å². The Morgan fingerprint density at radius 2 is 1.59 bits per heavy atom. The van der Waals surface area contributed by atoms with E-state index in [0.29, 0.717) is 17.0 Å². The van der Waals surface area contributed by atoms with Gasteiger partial charge in [-0.2, -0.15) is 0 Å². The molecule has 0 bridgehead atoms. The maximum Gasteiger partial charge on any atom is 0.506 e. The topological polar surface area (TPSA) is 9.23 Å². The van der Waals surface area contributed by atoms with Crippen molar-refractivity contribution < 1.29 is 17.7 Å². The van der Waals surface area contributed by atoms with Gasteiger partial charge in [-0.25, -0.2) is 0 Å². The molecular formula is C16H16BClF3O-. The van der Waals surface area contributed by atoms with E-state index in [1.54, 1.807) is 24.3 Å². The summed E-state index contributed by atoms with van der Waals surface area (Å²) < 4.78 is 44.5. The van der Waals surface area contributed by atoms with Crippen molar-refractivity contribution in [3.8, 4) is 0 Å². The second-order valence-electron chi connectivity index (χ2n) is 5.09. The molecule has 0 heterocycles. The Kier molecular flexibility index (Phi) is 5.92. The number of halogens is 4. The van der Waals surface area contributed by atoms with Crippen molar-refractivity contribution >= 4 is 18.6 Å². The SMILES string of the molecule is F[B-](F)(F)C(CCc1ccccc1)OCc1ccccc1Cl. The zero-order chi connectivity index (χ0) is 16.0. The largest absolute Gasteiger partial charge is 0.506 e. The van der Waals surface area contributed by atoms with Crippen LogP contribution >= 0.6 is 11.6 Å². The smallest absolute Gasteiger partial charge is 0.447 e. The Morgan fingerprint density at radius 3 is 2.23 bits per heavy atom. The molecule has 0 aliphatic heterocycles. The lowest BCUT2D eigenvalue weighted by molar-refractivity contribution is 0.0581. The Morgan fingerprint density at radius 1 is 0.955 bits per heavy atom. The summed E-state index contributed by atoms with van der Waals surface area (Å²) in [6.07, 6.45) is 0.243. The maximum atomic E-state index is 13.1. The summed E-state index contributed by atoms with van der Waals surface area (Å²) in [6, 6.07) is 14.1. The molecule has 0 N–H and O–H groups in total. The summed E-state index contributed by atoms with van der Waals surface area (Å²) in [5, 5.41) is 0.416. The van der Waals surface area contributed by atoms with Crippen LogP contribution in [0.2, 0.25) is 5.02 Å². The molecule has 1 nitrogen and oxygen atoms in total. The molecule has 0 aliphatic carbocycles. The molecule has 2 aromatic carbocycles. The molecule has 0 saturated heterocycles. The molecule has 0 amide bonds. The molecule has 0 fully saturated rings. The standard InChI is InChI=1S/C16H16BClF3O/c18-15-9-5-4-8-14(15)12-22-16(17(19,20)21)11-10-13-6-2-1-3-7-13/h1-9,16H,10-12H2/q-1. The van der Waals surface area contributed by atoms with Gasteiger partial charge in [0.15, 0.2) is 0 Å². The highest BCUT2D eigenvalue weighted by atomic mass is 35.5. The lowest BCUT2D eigenvalue weighted by atomic mass is 9.78. The van der Waals surface area contributed by atoms with Crippen molar-refractivity contribution in [3.63, 3.8) is 0 Å². The monoisotopic (exact) mass is 327 g/mol. The zero-order valence-electron chi connectivity index (χ0n) is 11.9. The Labute approximate surface area is 133 Å². The minimum atomic E-state index is -5.06. The molecule has 0 aromatic heterocycles. The van der Waals surface area contributed by atoms with Crippen LogP contribution in [-0.2, 0) is 17.8 Å². The van der Waals surface area contributed by atoms with Crippen LogP contribution in [-0.4, -0.2) is 13.0 Å². The quantitative estimate of drug-likeness (QED) is 0.632. The summed E-state index contributed by atoms with van der Waals surface area (Å²) in [6.45, 7) is -5.20. The summed E-state index contributed by atoms with van der Waals surface area (Å²) >= 11 is 5.94. The second kappa shape index (κ2) is 7.70. The van der Waals surface area contributed by atoms with Crippen molar-refractivity contribution in [2.45, 2.75) is 25.5 Å². The van der Waals surface area contributed by atoms with E-state index in [2.05, 4.69) is 0 Å². The minimum absolute atomic E-state index is 0.0854. The summed E-state index contributed by atoms with van der Waals surface area (Å²) in [4.78, 5) is 0. The summed E-state index contributed by atoms with van der Waals surface area (Å²) in [7, 11) is 0. The van der Waals surface area contributed by atoms with E-state index in [4.69, 9.17) is 16.3 Å². The van der Waals surface area contributed by atoms with E-state index in [1.165, 1.54) is 0 Å². The van der Waals surface area contributed by atoms with Crippen LogP contribution in [0.5, 0.6) is 0 Å². The van der Waals surface area contributed by atoms with E-state index < -0.39 is 13.0 Å². The van der Waals surface area contributed by atoms with Gasteiger partial charge < -0.3 is 17.7 Å². The highest BCUT2D eigenvalue weighted by Crippen LogP contribution is 2.24. The average Bonchev–Trinajstić information content (AvgIpc) is 2.48. The Hall–Kier alpha value is -1.46. The van der Waals surface area contributed by atoms with Gasteiger partial charge in [0.1, 0.15) is 0 Å². The van der Waals surface area contributed by atoms with Gasteiger partial charge in [0, 0.05) is 11.0 Å². The van der Waals surface area contributed by atoms with Gasteiger partial charge in [0.25, 0.3) is 0 Å². The summed E-state index contributed by atoms with van der Waals surface area (Å²) in [5.74, 6) is 0. The molecule has 0 aliphatic rings. The van der Waals surface area contributed by atoms with Gasteiger partial charge in [0.05, 0.1) is 6.61 Å². The Balaban J connectivity index is 1.97. The molecule has 6 heteroatoms. The van der Waals surface area contributed by atoms with Crippen LogP contribution in [0.15, 0.2) is 54.6 Å². The van der Waals surface area contributed by atoms with Crippen molar-refractivity contribution in [2.75, 3.05) is 0 Å². The molecule has 0 saturated carbocycles. The lowest BCUT2D eigenvalue weighted by Gasteiger charge is -2.27. The highest BCUT2D eigenvalue weighted by Gasteiger charge is 2.35. The number of aryl methyl sites for hydroxylation is 1. The van der Waals surface area contributed by atoms with Gasteiger partial charge in [-0.05, 0) is 30.0 Å². The van der Waals surface area contributed by atoms with Crippen LogP contribution in [0.4, 0.5) is 12.9 Å². The van der Waals surface area contributed by atoms with E-state index in [0.717, 1.165) is 5.56 Å². The van der Waals surface area contributed by atoms with Gasteiger partial charge in [-0.15, -0.1) is 0 Å². The number of rotatable bonds is 7. The third kappa shape index (κ3) is 5.07. The van der Waals surface area contributed by atoms with Gasteiger partial charge in [0.2, 0.25) is 0 Å². The van der Waals surface area contributed by atoms with Crippen molar-refractivity contribution in [1.29, 1.82) is 0 Å². The van der Waals surface area contributed by atoms with E-state index in [1.807, 2.05) is 30.3 Å². The van der Waals surface area contributed by atoms with Crippen molar-refractivity contribution in [2.24, 2.45) is 0 Å². The molecule has 2 aromatic rings. The number of ether oxygens (including phenoxy) is 1. The predicted molar refractivity (Wildman–Crippen MR) is 83.9 cm³/mol. The zero-order valence-corrected chi connectivity index (χ0v) is 12.6. The van der Waals surface area contributed by atoms with Gasteiger partial charge >= 0.3 is 6.98 Å². The molecule has 0 spiro atoms. The highest BCUT2D eigenvalue weighted by molar-refractivity contribution is 6.60. The first-order valence-electron chi connectivity index (χ1n) is 7.05. The number of hydrogen-bond donors (Lipinski definition) is 0. The fraction of sp³-hybridized carbons (Fsp3) is 0.250. The fourth-order valence-electron chi connectivity index (χ4n) is 2.15. The predicted octanol–water partition coefficient (Wildman–Crippen LogP) is 5.24. The average molecular weight is 328 g/mol. The van der Waals surface area contributed by atoms with Crippen LogP contribution in [0.25, 0.3) is 0 Å². The molecule has 0 radical (unpaired) electrons. The lowest BCUT2D eigenvalue weighted by Crippen LogP contribution is -2.37. The molecule has 22 heavy (non-hydrogen) atoms. The normalized spacial score (nSPS) is 13.1. The van der Waals surface area contributed by atoms with Crippen molar-refractivity contribution in [3.05, 3.63) is 70.7 Å². The maximum absolute atomic E-state index is 13.1. The first-order valence-corrected chi connectivity index (χ1v) is 7.43. The summed E-state index contributed by atoms with van der Waals surface area (Å²) in [5.41, 5.74) is 1.43. The first-order chi connectivity index (χ1) is 10.5. The molecule has 1 atom stereocenters. The van der Waals surface area contributed by atoms with Gasteiger partial charge in [-0.3, -0.25) is 0 Å². The third-order valence-electron chi connectivity index (χ3n) is 3.39. The van der Waals surface area contributed by atoms with E-state index in [-0.39, 0.29) is 13.0 Å². The fourth-order valence-corrected chi connectivity index (χ4v) is 2.34. The molecular weight excluding hydrogens is 311 g/mol. The molecule has 1 unspecified atom stereocenters. The van der Waals surface area contributed by atoms with Crippen LogP contribution in [0.1, 0.15) is 17.5 Å². The molecule has 2 rings (SSSR count). The second-order valence-corrected chi connectivity index (χ2v) is 5.50. The first kappa shape index (κ1) is 16.9. The van der Waals surface area contributed by atoms with Crippen LogP contribution in [0, 0.1) is 0 Å². The van der Waals surface area contributed by atoms with Gasteiger partial charge in [-0.1, -0.05) is 60.1 Å². The minimum Gasteiger partial charge on any atom is -0.447 e. The van der Waals surface area contributed by atoms with Crippen LogP contribution in [0.3, 0.4) is 0 Å². The van der Waals surface area contributed by atoms with Crippen LogP contribution < -0.4 is 0 Å². The number of benzene rings is 2.